The Bertz CT molecular complexity index is 460. The highest BCUT2D eigenvalue weighted by Crippen LogP contribution is 2.29. The minimum Gasteiger partial charge on any atom is -0.294 e. The summed E-state index contributed by atoms with van der Waals surface area (Å²) < 4.78 is 0. The molecule has 3 heteroatoms. The minimum absolute atomic E-state index is 0.0875. The van der Waals surface area contributed by atoms with E-state index in [0.717, 1.165) is 26.8 Å². The number of carbonyl (C=O) groups is 1. The van der Waals surface area contributed by atoms with Crippen LogP contribution in [-0.2, 0) is 0 Å². The largest absolute Gasteiger partial charge is 0.294 e. The molecule has 0 saturated carbocycles. The average Bonchev–Trinajstić information content (AvgIpc) is 2.22. The number of hydrogen-bond acceptors (Lipinski definition) is 2. The molecule has 0 atom stereocenters. The molecule has 0 amide bonds. The van der Waals surface area contributed by atoms with Crippen LogP contribution in [-0.4, -0.2) is 11.5 Å². The monoisotopic (exact) mass is 268 g/mol. The van der Waals surface area contributed by atoms with Crippen LogP contribution in [0.1, 0.15) is 36.7 Å². The number of thioether (sulfide) groups is 1. The number of rotatable bonds is 4. The Morgan fingerprint density at radius 1 is 1.35 bits per heavy atom. The quantitative estimate of drug-likeness (QED) is 0.438. The number of Topliss-reactive ketones (excluding diaryl/α,β-unsaturated/α-hetero) is 1. The maximum absolute atomic E-state index is 11.6. The Morgan fingerprint density at radius 2 is 2.00 bits per heavy atom. The Morgan fingerprint density at radius 3 is 2.53 bits per heavy atom. The van der Waals surface area contributed by atoms with E-state index in [0.29, 0.717) is 0 Å². The number of allylic oxidation sites excluding steroid dienone is 1. The zero-order chi connectivity index (χ0) is 13.0. The van der Waals surface area contributed by atoms with Gasteiger partial charge < -0.3 is 0 Å². The second-order valence-corrected chi connectivity index (χ2v) is 5.72. The van der Waals surface area contributed by atoms with Gasteiger partial charge in [0.25, 0.3) is 0 Å². The van der Waals surface area contributed by atoms with Crippen molar-refractivity contribution in [1.82, 2.24) is 0 Å². The summed E-state index contributed by atoms with van der Waals surface area (Å²) in [5.41, 5.74) is 2.99. The molecule has 1 aromatic rings. The lowest BCUT2D eigenvalue weighted by molar-refractivity contribution is 0.101. The molecule has 17 heavy (non-hydrogen) atoms. The van der Waals surface area contributed by atoms with Crippen LogP contribution in [0, 0.1) is 6.92 Å². The van der Waals surface area contributed by atoms with Crippen molar-refractivity contribution in [3.8, 4) is 0 Å². The van der Waals surface area contributed by atoms with Gasteiger partial charge in [-0.25, -0.2) is 0 Å². The van der Waals surface area contributed by atoms with Gasteiger partial charge in [-0.3, -0.25) is 4.79 Å². The van der Waals surface area contributed by atoms with E-state index in [4.69, 9.17) is 11.6 Å². The first-order valence-electron chi connectivity index (χ1n) is 5.49. The second kappa shape index (κ2) is 6.27. The Labute approximate surface area is 112 Å². The molecule has 0 fully saturated rings. The van der Waals surface area contributed by atoms with E-state index in [2.05, 4.69) is 19.9 Å². The molecule has 0 aromatic heterocycles. The number of benzene rings is 1. The highest BCUT2D eigenvalue weighted by molar-refractivity contribution is 7.99. The molecule has 0 aliphatic rings. The van der Waals surface area contributed by atoms with E-state index >= 15 is 0 Å². The standard InChI is InChI=1S/C14H17ClOS/c1-9(2)5-6-17-14-8-13(15)10(3)7-12(14)11(4)16/h5,7-8H,6H2,1-4H3. The van der Waals surface area contributed by atoms with Gasteiger partial charge in [0.1, 0.15) is 0 Å². The van der Waals surface area contributed by atoms with Crippen molar-refractivity contribution < 1.29 is 4.79 Å². The van der Waals surface area contributed by atoms with Gasteiger partial charge in [-0.1, -0.05) is 23.3 Å². The predicted molar refractivity (Wildman–Crippen MR) is 76.3 cm³/mol. The molecular formula is C14H17ClOS. The molecule has 0 spiro atoms. The minimum atomic E-state index is 0.0875. The molecule has 0 saturated heterocycles. The van der Waals surface area contributed by atoms with Gasteiger partial charge in [0.15, 0.2) is 5.78 Å². The molecule has 0 radical (unpaired) electrons. The van der Waals surface area contributed by atoms with E-state index in [1.54, 1.807) is 18.7 Å². The maximum atomic E-state index is 11.6. The molecular weight excluding hydrogens is 252 g/mol. The summed E-state index contributed by atoms with van der Waals surface area (Å²) in [7, 11) is 0. The summed E-state index contributed by atoms with van der Waals surface area (Å²) in [4.78, 5) is 12.5. The fourth-order valence-corrected chi connectivity index (χ4v) is 2.74. The van der Waals surface area contributed by atoms with Gasteiger partial charge in [0, 0.05) is 21.2 Å². The van der Waals surface area contributed by atoms with Crippen LogP contribution in [0.5, 0.6) is 0 Å². The third-order valence-electron chi connectivity index (χ3n) is 2.37. The summed E-state index contributed by atoms with van der Waals surface area (Å²) in [6.07, 6.45) is 2.14. The van der Waals surface area contributed by atoms with Gasteiger partial charge >= 0.3 is 0 Å². The van der Waals surface area contributed by atoms with Crippen LogP contribution >= 0.6 is 23.4 Å². The van der Waals surface area contributed by atoms with Crippen LogP contribution in [0.15, 0.2) is 28.7 Å². The zero-order valence-electron chi connectivity index (χ0n) is 10.6. The van der Waals surface area contributed by atoms with E-state index in [9.17, 15) is 4.79 Å². The lowest BCUT2D eigenvalue weighted by Gasteiger charge is -2.08. The predicted octanol–water partition coefficient (Wildman–Crippen LogP) is 4.91. The summed E-state index contributed by atoms with van der Waals surface area (Å²) in [6, 6.07) is 3.76. The van der Waals surface area contributed by atoms with E-state index in [1.165, 1.54) is 5.57 Å². The van der Waals surface area contributed by atoms with Crippen LogP contribution < -0.4 is 0 Å². The Hall–Kier alpha value is -0.730. The summed E-state index contributed by atoms with van der Waals surface area (Å²) in [5.74, 6) is 0.951. The first kappa shape index (κ1) is 14.3. The zero-order valence-corrected chi connectivity index (χ0v) is 12.2. The van der Waals surface area contributed by atoms with Gasteiger partial charge in [0.05, 0.1) is 0 Å². The lowest BCUT2D eigenvalue weighted by Crippen LogP contribution is -1.97. The van der Waals surface area contributed by atoms with E-state index in [-0.39, 0.29) is 5.78 Å². The van der Waals surface area contributed by atoms with Crippen LogP contribution in [0.25, 0.3) is 0 Å². The molecule has 0 unspecified atom stereocenters. The topological polar surface area (TPSA) is 17.1 Å². The summed E-state index contributed by atoms with van der Waals surface area (Å²) in [5, 5.41) is 0.717. The summed E-state index contributed by atoms with van der Waals surface area (Å²) >= 11 is 7.74. The molecule has 0 aliphatic carbocycles. The number of carbonyl (C=O) groups excluding carboxylic acids is 1. The van der Waals surface area contributed by atoms with Gasteiger partial charge in [0.2, 0.25) is 0 Å². The van der Waals surface area contributed by atoms with Crippen LogP contribution in [0.3, 0.4) is 0 Å². The van der Waals surface area contributed by atoms with Crippen molar-refractivity contribution in [1.29, 1.82) is 0 Å². The molecule has 1 aromatic carbocycles. The normalized spacial score (nSPS) is 10.2. The molecule has 1 nitrogen and oxygen atoms in total. The highest BCUT2D eigenvalue weighted by Gasteiger charge is 2.10. The van der Waals surface area contributed by atoms with Crippen molar-refractivity contribution in [2.75, 3.05) is 5.75 Å². The Balaban J connectivity index is 3.00. The number of halogens is 1. The van der Waals surface area contributed by atoms with Crippen molar-refractivity contribution in [3.63, 3.8) is 0 Å². The molecule has 1 rings (SSSR count). The van der Waals surface area contributed by atoms with Crippen LogP contribution in [0.2, 0.25) is 5.02 Å². The SMILES string of the molecule is CC(=O)c1cc(C)c(Cl)cc1SCC=C(C)C. The average molecular weight is 269 g/mol. The van der Waals surface area contributed by atoms with Crippen molar-refractivity contribution >= 4 is 29.1 Å². The van der Waals surface area contributed by atoms with E-state index in [1.807, 2.05) is 19.1 Å². The first-order valence-corrected chi connectivity index (χ1v) is 6.85. The molecule has 0 N–H and O–H groups in total. The molecule has 92 valence electrons. The third-order valence-corrected chi connectivity index (χ3v) is 3.76. The molecule has 0 bridgehead atoms. The number of hydrogen-bond donors (Lipinski definition) is 0. The van der Waals surface area contributed by atoms with Crippen molar-refractivity contribution in [3.05, 3.63) is 39.9 Å². The van der Waals surface area contributed by atoms with Crippen molar-refractivity contribution in [2.45, 2.75) is 32.6 Å². The first-order chi connectivity index (χ1) is 7.91. The number of ketones is 1. The fourth-order valence-electron chi connectivity index (χ4n) is 1.36. The molecule has 0 heterocycles. The molecule has 0 aliphatic heterocycles. The van der Waals surface area contributed by atoms with Gasteiger partial charge in [-0.2, -0.15) is 0 Å². The maximum Gasteiger partial charge on any atom is 0.160 e. The lowest BCUT2D eigenvalue weighted by atomic mass is 10.1. The van der Waals surface area contributed by atoms with Crippen molar-refractivity contribution in [2.24, 2.45) is 0 Å². The second-order valence-electron chi connectivity index (χ2n) is 4.25. The van der Waals surface area contributed by atoms with Gasteiger partial charge in [-0.15, -0.1) is 11.8 Å². The smallest absolute Gasteiger partial charge is 0.160 e. The highest BCUT2D eigenvalue weighted by atomic mass is 35.5. The van der Waals surface area contributed by atoms with E-state index < -0.39 is 0 Å². The Kier molecular flexibility index (Phi) is 5.29. The summed E-state index contributed by atoms with van der Waals surface area (Å²) in [6.45, 7) is 7.64. The third kappa shape index (κ3) is 4.21. The number of aryl methyl sites for hydroxylation is 1. The fraction of sp³-hybridized carbons (Fsp3) is 0.357. The van der Waals surface area contributed by atoms with Crippen LogP contribution in [0.4, 0.5) is 0 Å². The van der Waals surface area contributed by atoms with Gasteiger partial charge in [-0.05, 0) is 45.4 Å².